The van der Waals surface area contributed by atoms with Crippen molar-refractivity contribution in [3.63, 3.8) is 0 Å². The van der Waals surface area contributed by atoms with Crippen LogP contribution < -0.4 is 16.4 Å². The number of rotatable bonds is 14. The highest BCUT2D eigenvalue weighted by Gasteiger charge is 2.34. The van der Waals surface area contributed by atoms with Gasteiger partial charge in [-0.25, -0.2) is 0 Å². The number of amides is 2. The van der Waals surface area contributed by atoms with Crippen LogP contribution >= 0.6 is 0 Å². The van der Waals surface area contributed by atoms with Gasteiger partial charge < -0.3 is 36.1 Å². The fourth-order valence-electron chi connectivity index (χ4n) is 6.68. The van der Waals surface area contributed by atoms with Crippen LogP contribution in [0.1, 0.15) is 73.2 Å². The minimum absolute atomic E-state index is 0.00307. The molecule has 0 aromatic heterocycles. The Kier molecular flexibility index (Phi) is 12.5. The summed E-state index contributed by atoms with van der Waals surface area (Å²) < 4.78 is 13.0. The first-order valence-electron chi connectivity index (χ1n) is 17.8. The maximum atomic E-state index is 12.5. The number of nitrogens with two attached hydrogens (primary N) is 1. The normalized spacial score (nSPS) is 20.6. The largest absolute Gasteiger partial charge is 0.397 e. The molecular weight excluding hydrogens is 644 g/mol. The van der Waals surface area contributed by atoms with Crippen LogP contribution in [-0.4, -0.2) is 58.8 Å². The molecule has 0 saturated carbocycles. The zero-order valence-electron chi connectivity index (χ0n) is 28.9. The minimum atomic E-state index is -0.550. The standard InChI is InChI=1S/C41H48N4O6/c42-36-8-1-2-9-37(36)44-40(49)11-4-3-10-39(48)43-24-29-6-5-7-33(22-29)30-16-18-32(19-17-30)41-50-35(26-45-21-20-34(47)25-45)23-38(51-41)31-14-12-28(27-46)13-15-31/h1-2,5-9,12-19,22,34-35,38,41,46-47H,3-4,10-11,20-21,23-27,42H2,(H,43,48)(H,44,49)/t34-,35+,38-,41-/m0/s1. The highest BCUT2D eigenvalue weighted by atomic mass is 16.7. The molecule has 6 rings (SSSR count). The molecule has 2 fully saturated rings. The summed E-state index contributed by atoms with van der Waals surface area (Å²) in [6.45, 7) is 2.65. The van der Waals surface area contributed by atoms with Crippen molar-refractivity contribution in [1.82, 2.24) is 10.2 Å². The number of carbonyl (C=O) groups is 2. The Bertz CT molecular complexity index is 1750. The molecule has 4 aromatic rings. The Morgan fingerprint density at radius 1 is 0.824 bits per heavy atom. The number of aliphatic hydroxyl groups excluding tert-OH is 2. The Balaban J connectivity index is 1.01. The van der Waals surface area contributed by atoms with E-state index in [1.54, 1.807) is 12.1 Å². The van der Waals surface area contributed by atoms with Gasteiger partial charge in [0.25, 0.3) is 0 Å². The van der Waals surface area contributed by atoms with E-state index in [0.29, 0.717) is 56.6 Å². The molecule has 0 bridgehead atoms. The molecule has 2 heterocycles. The second kappa shape index (κ2) is 17.6. The number of ether oxygens (including phenoxy) is 2. The van der Waals surface area contributed by atoms with Crippen LogP contribution in [0.5, 0.6) is 0 Å². The highest BCUT2D eigenvalue weighted by molar-refractivity contribution is 5.93. The van der Waals surface area contributed by atoms with Crippen LogP contribution in [0.4, 0.5) is 11.4 Å². The van der Waals surface area contributed by atoms with Gasteiger partial charge in [-0.3, -0.25) is 14.5 Å². The number of aliphatic hydroxyl groups is 2. The van der Waals surface area contributed by atoms with Gasteiger partial charge in [0.05, 0.1) is 36.3 Å². The van der Waals surface area contributed by atoms with Crippen LogP contribution in [0, 0.1) is 0 Å². The third kappa shape index (κ3) is 10.2. The number of β-amino-alcohol motifs (C(OH)–C–C–N with tert-alkyl or cyclic N) is 1. The van der Waals surface area contributed by atoms with Gasteiger partial charge in [0.15, 0.2) is 6.29 Å². The van der Waals surface area contributed by atoms with Gasteiger partial charge in [-0.1, -0.05) is 78.9 Å². The average Bonchev–Trinajstić information content (AvgIpc) is 3.57. The van der Waals surface area contributed by atoms with E-state index in [1.165, 1.54) is 0 Å². The maximum Gasteiger partial charge on any atom is 0.224 e. The molecule has 0 radical (unpaired) electrons. The van der Waals surface area contributed by atoms with E-state index < -0.39 is 6.29 Å². The Morgan fingerprint density at radius 3 is 2.29 bits per heavy atom. The Labute approximate surface area is 299 Å². The van der Waals surface area contributed by atoms with Crippen LogP contribution in [0.25, 0.3) is 11.1 Å². The van der Waals surface area contributed by atoms with Crippen LogP contribution in [0.3, 0.4) is 0 Å². The van der Waals surface area contributed by atoms with Crippen molar-refractivity contribution in [3.05, 3.63) is 119 Å². The number of nitrogens with one attached hydrogen (secondary N) is 2. The first-order valence-corrected chi connectivity index (χ1v) is 17.8. The smallest absolute Gasteiger partial charge is 0.224 e. The lowest BCUT2D eigenvalue weighted by Gasteiger charge is -2.37. The van der Waals surface area contributed by atoms with E-state index in [4.69, 9.17) is 15.2 Å². The van der Waals surface area contributed by atoms with Crippen molar-refractivity contribution in [3.8, 4) is 11.1 Å². The van der Waals surface area contributed by atoms with E-state index in [2.05, 4.69) is 39.8 Å². The van der Waals surface area contributed by atoms with Crippen LogP contribution in [0.2, 0.25) is 0 Å². The van der Waals surface area contributed by atoms with Gasteiger partial charge in [-0.2, -0.15) is 0 Å². The molecule has 2 amide bonds. The van der Waals surface area contributed by atoms with Crippen molar-refractivity contribution in [1.29, 1.82) is 0 Å². The average molecular weight is 693 g/mol. The topological polar surface area (TPSA) is 146 Å². The lowest BCUT2D eigenvalue weighted by Crippen LogP contribution is -2.38. The molecule has 2 saturated heterocycles. The van der Waals surface area contributed by atoms with E-state index >= 15 is 0 Å². The Morgan fingerprint density at radius 2 is 1.57 bits per heavy atom. The molecule has 0 spiro atoms. The summed E-state index contributed by atoms with van der Waals surface area (Å²) in [6.07, 6.45) is 2.30. The summed E-state index contributed by atoms with van der Waals surface area (Å²) >= 11 is 0. The number of likely N-dealkylation sites (tertiary alicyclic amines) is 1. The lowest BCUT2D eigenvalue weighted by molar-refractivity contribution is -0.252. The molecular formula is C41H48N4O6. The van der Waals surface area contributed by atoms with E-state index in [0.717, 1.165) is 52.9 Å². The van der Waals surface area contributed by atoms with E-state index in [1.807, 2.05) is 60.7 Å². The second-order valence-electron chi connectivity index (χ2n) is 13.5. The molecule has 0 unspecified atom stereocenters. The summed E-state index contributed by atoms with van der Waals surface area (Å²) in [6, 6.07) is 31.3. The summed E-state index contributed by atoms with van der Waals surface area (Å²) in [7, 11) is 0. The van der Waals surface area contributed by atoms with Crippen molar-refractivity contribution in [2.24, 2.45) is 0 Å². The number of hydrogen-bond donors (Lipinski definition) is 5. The number of nitrogens with zero attached hydrogens (tertiary/aromatic N) is 1. The SMILES string of the molecule is Nc1ccccc1NC(=O)CCCCC(=O)NCc1cccc(-c2ccc([C@H]3O[C@@H](CN4CC[C@H](O)C4)C[C@@H](c4ccc(CO)cc4)O3)cc2)c1. The first kappa shape index (κ1) is 36.2. The van der Waals surface area contributed by atoms with Crippen molar-refractivity contribution >= 4 is 23.2 Å². The molecule has 2 aliphatic heterocycles. The summed E-state index contributed by atoms with van der Waals surface area (Å²) in [5.41, 5.74) is 12.9. The highest BCUT2D eigenvalue weighted by Crippen LogP contribution is 2.39. The van der Waals surface area contributed by atoms with Crippen molar-refractivity contribution in [2.45, 2.75) is 76.3 Å². The monoisotopic (exact) mass is 692 g/mol. The van der Waals surface area contributed by atoms with Gasteiger partial charge in [0, 0.05) is 51.0 Å². The number of benzene rings is 4. The van der Waals surface area contributed by atoms with Crippen LogP contribution in [0.15, 0.2) is 97.1 Å². The van der Waals surface area contributed by atoms with Crippen molar-refractivity contribution in [2.75, 3.05) is 30.7 Å². The zero-order chi connectivity index (χ0) is 35.6. The number of hydrogen-bond acceptors (Lipinski definition) is 8. The molecule has 2 aliphatic rings. The minimum Gasteiger partial charge on any atom is -0.397 e. The van der Waals surface area contributed by atoms with Gasteiger partial charge in [-0.15, -0.1) is 0 Å². The lowest BCUT2D eigenvalue weighted by atomic mass is 9.99. The van der Waals surface area contributed by atoms with E-state index in [-0.39, 0.29) is 36.7 Å². The van der Waals surface area contributed by atoms with Gasteiger partial charge in [-0.05, 0) is 65.3 Å². The quantitative estimate of drug-likeness (QED) is 0.0817. The zero-order valence-corrected chi connectivity index (χ0v) is 28.9. The molecule has 4 aromatic carbocycles. The fraction of sp³-hybridized carbons (Fsp3) is 0.366. The van der Waals surface area contributed by atoms with E-state index in [9.17, 15) is 19.8 Å². The number of anilines is 2. The van der Waals surface area contributed by atoms with Crippen molar-refractivity contribution < 1.29 is 29.3 Å². The van der Waals surface area contributed by atoms with Crippen LogP contribution in [-0.2, 0) is 32.2 Å². The molecule has 0 aliphatic carbocycles. The predicted molar refractivity (Wildman–Crippen MR) is 197 cm³/mol. The molecule has 10 heteroatoms. The third-order valence-corrected chi connectivity index (χ3v) is 9.55. The first-order chi connectivity index (χ1) is 24.8. The number of carbonyl (C=O) groups excluding carboxylic acids is 2. The summed E-state index contributed by atoms with van der Waals surface area (Å²) in [4.78, 5) is 27.0. The Hall–Kier alpha value is -4.58. The number of para-hydroxylation sites is 2. The molecule has 268 valence electrons. The van der Waals surface area contributed by atoms with Gasteiger partial charge in [0.1, 0.15) is 0 Å². The second-order valence-corrected chi connectivity index (χ2v) is 13.5. The predicted octanol–water partition coefficient (Wildman–Crippen LogP) is 5.86. The maximum absolute atomic E-state index is 12.5. The van der Waals surface area contributed by atoms with Gasteiger partial charge >= 0.3 is 0 Å². The molecule has 51 heavy (non-hydrogen) atoms. The van der Waals surface area contributed by atoms with Gasteiger partial charge in [0.2, 0.25) is 11.8 Å². The molecule has 6 N–H and O–H groups in total. The molecule has 4 atom stereocenters. The summed E-state index contributed by atoms with van der Waals surface area (Å²) in [5.74, 6) is -0.165. The number of nitrogen functional groups attached to an aromatic ring is 1. The molecule has 10 nitrogen and oxygen atoms in total. The fourth-order valence-corrected chi connectivity index (χ4v) is 6.68. The number of unbranched alkanes of at least 4 members (excludes halogenated alkanes) is 1. The summed E-state index contributed by atoms with van der Waals surface area (Å²) in [5, 5.41) is 25.4. The third-order valence-electron chi connectivity index (χ3n) is 9.55.